The van der Waals surface area contributed by atoms with E-state index in [0.29, 0.717) is 32.1 Å². The summed E-state index contributed by atoms with van der Waals surface area (Å²) >= 11 is 2.15. The molecule has 5 heteroatoms. The molecule has 1 heterocycles. The van der Waals surface area contributed by atoms with Gasteiger partial charge in [-0.2, -0.15) is 0 Å². The smallest absolute Gasteiger partial charge is 0.306 e. The zero-order chi connectivity index (χ0) is 11.7. The van der Waals surface area contributed by atoms with E-state index in [-0.39, 0.29) is 12.1 Å². The van der Waals surface area contributed by atoms with E-state index in [1.165, 1.54) is 0 Å². The largest absolute Gasteiger partial charge is 0.460 e. The van der Waals surface area contributed by atoms with E-state index in [2.05, 4.69) is 22.6 Å². The molecule has 0 amide bonds. The van der Waals surface area contributed by atoms with Crippen molar-refractivity contribution in [1.29, 1.82) is 0 Å². The van der Waals surface area contributed by atoms with Crippen LogP contribution in [-0.2, 0) is 14.3 Å². The van der Waals surface area contributed by atoms with Gasteiger partial charge in [-0.25, -0.2) is 0 Å². The van der Waals surface area contributed by atoms with Crippen molar-refractivity contribution in [3.8, 4) is 0 Å². The Morgan fingerprint density at radius 2 is 2.33 bits per heavy atom. The monoisotopic (exact) mass is 328 g/mol. The molecule has 0 aromatic carbocycles. The van der Waals surface area contributed by atoms with Crippen LogP contribution in [0.5, 0.6) is 0 Å². The molecule has 0 aromatic rings. The Morgan fingerprint density at radius 3 is 2.80 bits per heavy atom. The molecule has 4 nitrogen and oxygen atoms in total. The van der Waals surface area contributed by atoms with Crippen LogP contribution in [0.2, 0.25) is 0 Å². The summed E-state index contributed by atoms with van der Waals surface area (Å²) in [6.45, 7) is 0. The SMILES string of the molecule is CI.O=CCCC[C@@H](O)[C@@H]1CCC(=O)O1. The molecule has 0 unspecified atom stereocenters. The molecule has 0 aromatic heterocycles. The van der Waals surface area contributed by atoms with Crippen molar-refractivity contribution in [3.05, 3.63) is 0 Å². The zero-order valence-electron chi connectivity index (χ0n) is 8.82. The number of aliphatic hydroxyl groups excluding tert-OH is 1. The second-order valence-corrected chi connectivity index (χ2v) is 3.23. The molecule has 1 saturated heterocycles. The van der Waals surface area contributed by atoms with Crippen LogP contribution in [0.3, 0.4) is 0 Å². The Morgan fingerprint density at radius 1 is 1.67 bits per heavy atom. The maximum Gasteiger partial charge on any atom is 0.306 e. The number of rotatable bonds is 5. The topological polar surface area (TPSA) is 63.6 Å². The quantitative estimate of drug-likeness (QED) is 0.273. The Balaban J connectivity index is 0.000000921. The minimum Gasteiger partial charge on any atom is -0.460 e. The molecule has 0 bridgehead atoms. The standard InChI is InChI=1S/C9H14O4.CH3I/c10-6-2-1-3-7(11)8-4-5-9(12)13-8;1-2/h6-8,11H,1-5H2;1H3/t7-,8+;/m1./s1. The first-order valence-electron chi connectivity index (χ1n) is 4.93. The lowest BCUT2D eigenvalue weighted by atomic mass is 10.1. The van der Waals surface area contributed by atoms with E-state index in [1.807, 2.05) is 4.93 Å². The molecule has 1 aliphatic heterocycles. The lowest BCUT2D eigenvalue weighted by Crippen LogP contribution is -2.25. The van der Waals surface area contributed by atoms with Crippen molar-refractivity contribution in [2.24, 2.45) is 0 Å². The van der Waals surface area contributed by atoms with E-state index in [9.17, 15) is 14.7 Å². The number of alkyl halides is 1. The van der Waals surface area contributed by atoms with E-state index in [0.717, 1.165) is 6.29 Å². The van der Waals surface area contributed by atoms with Crippen molar-refractivity contribution >= 4 is 34.8 Å². The number of halogens is 1. The number of carbonyl (C=O) groups is 2. The minimum atomic E-state index is -0.605. The van der Waals surface area contributed by atoms with Gasteiger partial charge in [-0.1, -0.05) is 22.6 Å². The molecule has 1 fully saturated rings. The fourth-order valence-electron chi connectivity index (χ4n) is 1.41. The number of aliphatic hydroxyl groups is 1. The third-order valence-corrected chi connectivity index (χ3v) is 2.17. The van der Waals surface area contributed by atoms with Gasteiger partial charge in [0.25, 0.3) is 0 Å². The summed E-state index contributed by atoms with van der Waals surface area (Å²) in [6.07, 6.45) is 2.50. The van der Waals surface area contributed by atoms with Crippen LogP contribution in [0.15, 0.2) is 0 Å². The Bertz CT molecular complexity index is 196. The normalized spacial score (nSPS) is 21.3. The van der Waals surface area contributed by atoms with Gasteiger partial charge in [-0.15, -0.1) is 0 Å². The molecule has 2 atom stereocenters. The van der Waals surface area contributed by atoms with Crippen LogP contribution in [0.25, 0.3) is 0 Å². The number of aldehydes is 1. The van der Waals surface area contributed by atoms with Crippen molar-refractivity contribution in [2.75, 3.05) is 4.93 Å². The third-order valence-electron chi connectivity index (χ3n) is 2.17. The number of carbonyl (C=O) groups excluding carboxylic acids is 2. The van der Waals surface area contributed by atoms with Crippen LogP contribution in [0.4, 0.5) is 0 Å². The van der Waals surface area contributed by atoms with Crippen LogP contribution < -0.4 is 0 Å². The van der Waals surface area contributed by atoms with Crippen molar-refractivity contribution in [2.45, 2.75) is 44.3 Å². The molecule has 1 aliphatic rings. The van der Waals surface area contributed by atoms with Gasteiger partial charge < -0.3 is 14.6 Å². The number of hydrogen-bond donors (Lipinski definition) is 1. The maximum absolute atomic E-state index is 10.7. The summed E-state index contributed by atoms with van der Waals surface area (Å²) in [5, 5.41) is 9.50. The highest BCUT2D eigenvalue weighted by Gasteiger charge is 2.29. The van der Waals surface area contributed by atoms with E-state index in [1.54, 1.807) is 0 Å². The molecule has 0 radical (unpaired) electrons. The summed E-state index contributed by atoms with van der Waals surface area (Å²) in [4.78, 5) is 22.7. The van der Waals surface area contributed by atoms with E-state index >= 15 is 0 Å². The number of cyclic esters (lactones) is 1. The Kier molecular flexibility index (Phi) is 8.98. The summed E-state index contributed by atoms with van der Waals surface area (Å²) in [5.41, 5.74) is 0. The minimum absolute atomic E-state index is 0.237. The van der Waals surface area contributed by atoms with Crippen LogP contribution in [-0.4, -0.2) is 34.5 Å². The fourth-order valence-corrected chi connectivity index (χ4v) is 1.41. The zero-order valence-corrected chi connectivity index (χ0v) is 11.0. The fraction of sp³-hybridized carbons (Fsp3) is 0.800. The van der Waals surface area contributed by atoms with Gasteiger partial charge in [-0.3, -0.25) is 4.79 Å². The highest BCUT2D eigenvalue weighted by molar-refractivity contribution is 14.1. The highest BCUT2D eigenvalue weighted by Crippen LogP contribution is 2.19. The average molecular weight is 328 g/mol. The lowest BCUT2D eigenvalue weighted by molar-refractivity contribution is -0.145. The third kappa shape index (κ3) is 6.09. The van der Waals surface area contributed by atoms with Gasteiger partial charge >= 0.3 is 5.97 Å². The second-order valence-electron chi connectivity index (χ2n) is 3.23. The molecule has 0 spiro atoms. The predicted molar refractivity (Wildman–Crippen MR) is 65.0 cm³/mol. The summed E-state index contributed by atoms with van der Waals surface area (Å²) < 4.78 is 4.88. The lowest BCUT2D eigenvalue weighted by Gasteiger charge is -2.15. The van der Waals surface area contributed by atoms with Crippen molar-refractivity contribution in [1.82, 2.24) is 0 Å². The molecule has 88 valence electrons. The molecule has 15 heavy (non-hydrogen) atoms. The van der Waals surface area contributed by atoms with Crippen LogP contribution >= 0.6 is 22.6 Å². The van der Waals surface area contributed by atoms with Gasteiger partial charge in [0.15, 0.2) is 0 Å². The van der Waals surface area contributed by atoms with E-state index < -0.39 is 6.10 Å². The summed E-state index contributed by atoms with van der Waals surface area (Å²) in [7, 11) is 0. The Labute approximate surface area is 104 Å². The number of unbranched alkanes of at least 4 members (excludes halogenated alkanes) is 1. The van der Waals surface area contributed by atoms with Crippen molar-refractivity contribution in [3.63, 3.8) is 0 Å². The van der Waals surface area contributed by atoms with E-state index in [4.69, 9.17) is 4.74 Å². The van der Waals surface area contributed by atoms with Gasteiger partial charge in [0, 0.05) is 12.8 Å². The molecule has 0 saturated carbocycles. The van der Waals surface area contributed by atoms with Gasteiger partial charge in [-0.05, 0) is 24.2 Å². The van der Waals surface area contributed by atoms with Gasteiger partial charge in [0.05, 0.1) is 6.10 Å². The first kappa shape index (κ1) is 14.8. The molecule has 1 N–H and O–H groups in total. The maximum atomic E-state index is 10.7. The van der Waals surface area contributed by atoms with Gasteiger partial charge in [0.1, 0.15) is 12.4 Å². The van der Waals surface area contributed by atoms with Crippen LogP contribution in [0.1, 0.15) is 32.1 Å². The van der Waals surface area contributed by atoms with Crippen LogP contribution in [0, 0.1) is 0 Å². The first-order valence-corrected chi connectivity index (χ1v) is 7.08. The number of esters is 1. The number of hydrogen-bond acceptors (Lipinski definition) is 4. The highest BCUT2D eigenvalue weighted by atomic mass is 127. The average Bonchev–Trinajstić information content (AvgIpc) is 2.68. The first-order chi connectivity index (χ1) is 7.24. The van der Waals surface area contributed by atoms with Crippen molar-refractivity contribution < 1.29 is 19.4 Å². The second kappa shape index (κ2) is 9.08. The molecular formula is C10H17IO4. The molecular weight excluding hydrogens is 311 g/mol. The summed E-state index contributed by atoms with van der Waals surface area (Å²) in [6, 6.07) is 0. The molecule has 0 aliphatic carbocycles. The van der Waals surface area contributed by atoms with Gasteiger partial charge in [0.2, 0.25) is 0 Å². The Hall–Kier alpha value is -0.170. The molecule has 1 rings (SSSR count). The predicted octanol–water partition coefficient (Wildman–Crippen LogP) is 1.47. The summed E-state index contributed by atoms with van der Waals surface area (Å²) in [5.74, 6) is -0.237. The number of ether oxygens (including phenoxy) is 1.